The second kappa shape index (κ2) is 5.90. The Kier molecular flexibility index (Phi) is 4.22. The van der Waals surface area contributed by atoms with Gasteiger partial charge in [0, 0.05) is 18.2 Å². The van der Waals surface area contributed by atoms with Crippen molar-refractivity contribution >= 4 is 17.3 Å². The molecule has 20 heavy (non-hydrogen) atoms. The lowest BCUT2D eigenvalue weighted by molar-refractivity contribution is -0.384. The first-order valence-corrected chi connectivity index (χ1v) is 6.77. The van der Waals surface area contributed by atoms with E-state index in [0.717, 1.165) is 19.3 Å². The van der Waals surface area contributed by atoms with Crippen LogP contribution in [0.3, 0.4) is 0 Å². The quantitative estimate of drug-likeness (QED) is 0.651. The molecule has 1 aromatic rings. The third-order valence-electron chi connectivity index (χ3n) is 3.90. The van der Waals surface area contributed by atoms with Crippen LogP contribution >= 0.6 is 0 Å². The zero-order valence-corrected chi connectivity index (χ0v) is 11.3. The molecule has 2 unspecified atom stereocenters. The zero-order chi connectivity index (χ0) is 14.7. The molecule has 0 aromatic heterocycles. The third-order valence-corrected chi connectivity index (χ3v) is 3.90. The molecule has 1 aromatic carbocycles. The molecule has 0 bridgehead atoms. The largest absolute Gasteiger partial charge is 0.478 e. The summed E-state index contributed by atoms with van der Waals surface area (Å²) in [4.78, 5) is 21.5. The first-order valence-electron chi connectivity index (χ1n) is 6.77. The van der Waals surface area contributed by atoms with Gasteiger partial charge in [0.05, 0.1) is 16.2 Å². The van der Waals surface area contributed by atoms with Crippen molar-refractivity contribution in [2.75, 3.05) is 5.32 Å². The Morgan fingerprint density at radius 2 is 2.10 bits per heavy atom. The Labute approximate surface area is 117 Å². The van der Waals surface area contributed by atoms with Gasteiger partial charge < -0.3 is 10.4 Å². The average Bonchev–Trinajstić information content (AvgIpc) is 2.41. The van der Waals surface area contributed by atoms with E-state index in [0.29, 0.717) is 11.6 Å². The van der Waals surface area contributed by atoms with Crippen LogP contribution in [0.5, 0.6) is 0 Å². The van der Waals surface area contributed by atoms with Crippen LogP contribution in [0.2, 0.25) is 0 Å². The normalized spacial score (nSPS) is 22.2. The van der Waals surface area contributed by atoms with Crippen LogP contribution in [-0.4, -0.2) is 22.0 Å². The fraction of sp³-hybridized carbons (Fsp3) is 0.500. The SMILES string of the molecule is CC1CCCCC1Nc1cc([N+](=O)[O-])ccc1C(=O)O. The van der Waals surface area contributed by atoms with E-state index in [1.807, 2.05) is 0 Å². The van der Waals surface area contributed by atoms with Gasteiger partial charge in [0.25, 0.3) is 5.69 Å². The average molecular weight is 278 g/mol. The number of nitrogens with zero attached hydrogens (tertiary/aromatic N) is 1. The number of carboxylic acids is 1. The summed E-state index contributed by atoms with van der Waals surface area (Å²) in [7, 11) is 0. The first-order chi connectivity index (χ1) is 9.49. The molecule has 2 atom stereocenters. The van der Waals surface area contributed by atoms with E-state index in [4.69, 9.17) is 0 Å². The predicted octanol–water partition coefficient (Wildman–Crippen LogP) is 3.28. The highest BCUT2D eigenvalue weighted by molar-refractivity contribution is 5.94. The number of anilines is 1. The van der Waals surface area contributed by atoms with Crippen LogP contribution in [0, 0.1) is 16.0 Å². The van der Waals surface area contributed by atoms with Crippen molar-refractivity contribution < 1.29 is 14.8 Å². The number of nitro benzene ring substituents is 1. The molecule has 1 fully saturated rings. The lowest BCUT2D eigenvalue weighted by atomic mass is 9.85. The molecule has 0 heterocycles. The van der Waals surface area contributed by atoms with Crippen molar-refractivity contribution in [3.05, 3.63) is 33.9 Å². The van der Waals surface area contributed by atoms with Crippen LogP contribution < -0.4 is 5.32 Å². The summed E-state index contributed by atoms with van der Waals surface area (Å²) in [6.07, 6.45) is 4.33. The van der Waals surface area contributed by atoms with Gasteiger partial charge in [-0.3, -0.25) is 10.1 Å². The monoisotopic (exact) mass is 278 g/mol. The minimum atomic E-state index is -1.08. The highest BCUT2D eigenvalue weighted by Crippen LogP contribution is 2.30. The number of carbonyl (C=O) groups is 1. The van der Waals surface area contributed by atoms with Gasteiger partial charge in [-0.2, -0.15) is 0 Å². The number of nitro groups is 1. The molecule has 6 heteroatoms. The first kappa shape index (κ1) is 14.3. The fourth-order valence-electron chi connectivity index (χ4n) is 2.68. The molecule has 108 valence electrons. The number of non-ortho nitro benzene ring substituents is 1. The van der Waals surface area contributed by atoms with Gasteiger partial charge in [-0.05, 0) is 24.8 Å². The zero-order valence-electron chi connectivity index (χ0n) is 11.3. The predicted molar refractivity (Wildman–Crippen MR) is 75.1 cm³/mol. The topological polar surface area (TPSA) is 92.5 Å². The molecule has 0 amide bonds. The summed E-state index contributed by atoms with van der Waals surface area (Å²) in [5, 5.41) is 23.2. The molecule has 6 nitrogen and oxygen atoms in total. The maximum absolute atomic E-state index is 11.2. The van der Waals surface area contributed by atoms with Crippen LogP contribution in [0.4, 0.5) is 11.4 Å². The molecule has 0 spiro atoms. The molecule has 0 radical (unpaired) electrons. The number of hydrogen-bond acceptors (Lipinski definition) is 4. The van der Waals surface area contributed by atoms with Crippen LogP contribution in [-0.2, 0) is 0 Å². The molecule has 0 saturated heterocycles. The molecular weight excluding hydrogens is 260 g/mol. The molecule has 1 saturated carbocycles. The van der Waals surface area contributed by atoms with Crippen LogP contribution in [0.25, 0.3) is 0 Å². The van der Waals surface area contributed by atoms with Crippen LogP contribution in [0.15, 0.2) is 18.2 Å². The van der Waals surface area contributed by atoms with Gasteiger partial charge in [0.15, 0.2) is 0 Å². The Balaban J connectivity index is 2.29. The highest BCUT2D eigenvalue weighted by atomic mass is 16.6. The molecule has 1 aliphatic rings. The van der Waals surface area contributed by atoms with Crippen molar-refractivity contribution in [1.82, 2.24) is 0 Å². The molecule has 1 aliphatic carbocycles. The number of carboxylic acid groups (broad SMARTS) is 1. The maximum atomic E-state index is 11.2. The lowest BCUT2D eigenvalue weighted by Gasteiger charge is -2.30. The van der Waals surface area contributed by atoms with E-state index in [2.05, 4.69) is 12.2 Å². The second-order valence-corrected chi connectivity index (χ2v) is 5.30. The van der Waals surface area contributed by atoms with E-state index < -0.39 is 10.9 Å². The smallest absolute Gasteiger partial charge is 0.337 e. The summed E-state index contributed by atoms with van der Waals surface area (Å²) in [6.45, 7) is 2.12. The molecule has 2 N–H and O–H groups in total. The summed E-state index contributed by atoms with van der Waals surface area (Å²) in [5.41, 5.74) is 0.319. The number of aromatic carboxylic acids is 1. The Hall–Kier alpha value is -2.11. The third kappa shape index (κ3) is 3.07. The van der Waals surface area contributed by atoms with Gasteiger partial charge in [-0.1, -0.05) is 19.8 Å². The van der Waals surface area contributed by atoms with Crippen molar-refractivity contribution in [2.24, 2.45) is 5.92 Å². The Morgan fingerprint density at radius 1 is 1.40 bits per heavy atom. The maximum Gasteiger partial charge on any atom is 0.337 e. The van der Waals surface area contributed by atoms with Crippen molar-refractivity contribution in [3.63, 3.8) is 0 Å². The summed E-state index contributed by atoms with van der Waals surface area (Å²) >= 11 is 0. The Bertz CT molecular complexity index is 530. The van der Waals surface area contributed by atoms with Crippen LogP contribution in [0.1, 0.15) is 43.0 Å². The van der Waals surface area contributed by atoms with E-state index in [1.54, 1.807) is 0 Å². The molecule has 0 aliphatic heterocycles. The standard InChI is InChI=1S/C14H18N2O4/c1-9-4-2-3-5-12(9)15-13-8-10(16(19)20)6-7-11(13)14(17)18/h6-9,12,15H,2-5H2,1H3,(H,17,18). The van der Waals surface area contributed by atoms with Gasteiger partial charge in [-0.15, -0.1) is 0 Å². The van der Waals surface area contributed by atoms with Crippen molar-refractivity contribution in [2.45, 2.75) is 38.6 Å². The van der Waals surface area contributed by atoms with Gasteiger partial charge in [0.1, 0.15) is 0 Å². The minimum Gasteiger partial charge on any atom is -0.478 e. The Morgan fingerprint density at radius 3 is 2.70 bits per heavy atom. The molecule has 2 rings (SSSR count). The molecular formula is C14H18N2O4. The van der Waals surface area contributed by atoms with E-state index in [1.165, 1.54) is 24.6 Å². The van der Waals surface area contributed by atoms with Gasteiger partial charge >= 0.3 is 5.97 Å². The van der Waals surface area contributed by atoms with E-state index >= 15 is 0 Å². The summed E-state index contributed by atoms with van der Waals surface area (Å²) in [5.74, 6) is -0.643. The summed E-state index contributed by atoms with van der Waals surface area (Å²) < 4.78 is 0. The van der Waals surface area contributed by atoms with Crippen molar-refractivity contribution in [3.8, 4) is 0 Å². The fourth-order valence-corrected chi connectivity index (χ4v) is 2.68. The van der Waals surface area contributed by atoms with Gasteiger partial charge in [-0.25, -0.2) is 4.79 Å². The van der Waals surface area contributed by atoms with E-state index in [9.17, 15) is 20.0 Å². The van der Waals surface area contributed by atoms with E-state index in [-0.39, 0.29) is 17.3 Å². The van der Waals surface area contributed by atoms with Gasteiger partial charge in [0.2, 0.25) is 0 Å². The highest BCUT2D eigenvalue weighted by Gasteiger charge is 2.24. The number of rotatable bonds is 4. The minimum absolute atomic E-state index is 0.0772. The summed E-state index contributed by atoms with van der Waals surface area (Å²) in [6, 6.07) is 3.99. The lowest BCUT2D eigenvalue weighted by Crippen LogP contribution is -2.31. The number of hydrogen-bond donors (Lipinski definition) is 2. The second-order valence-electron chi connectivity index (χ2n) is 5.30. The number of benzene rings is 1. The number of nitrogens with one attached hydrogen (secondary N) is 1. The van der Waals surface area contributed by atoms with Crippen molar-refractivity contribution in [1.29, 1.82) is 0 Å².